The van der Waals surface area contributed by atoms with Crippen molar-refractivity contribution < 1.29 is 29.3 Å². The third kappa shape index (κ3) is 2.89. The monoisotopic (exact) mass is 470 g/mol. The average Bonchev–Trinajstić information content (AvgIpc) is 3.32. The van der Waals surface area contributed by atoms with Gasteiger partial charge in [-0.15, -0.1) is 0 Å². The lowest BCUT2D eigenvalue weighted by Crippen LogP contribution is -2.63. The summed E-state index contributed by atoms with van der Waals surface area (Å²) in [5.74, 6) is 0.360. The lowest BCUT2D eigenvalue weighted by atomic mass is 9.46. The Bertz CT molecular complexity index is 949. The minimum atomic E-state index is -1.20. The number of ketones is 2. The second-order valence-corrected chi connectivity index (χ2v) is 12.3. The molecule has 1 heterocycles. The standard InChI is InChI=1S/C28H38O6/c1-26-11-10-18(30)12-17(26)8-9-19-20-13-23-28(22(32)15-29,27(20,2)14-21(31)24(19)26)34-25(33-23)16-6-4-3-5-7-16/h10-12,16,19-21,23-25,29,31H,3-9,13-15H2,1-2H3. The number of carbonyl (C=O) groups is 2. The number of ether oxygens (including phenoxy) is 2. The number of fused-ring (bicyclic) bond motifs is 7. The van der Waals surface area contributed by atoms with E-state index in [1.807, 2.05) is 6.08 Å². The molecule has 0 aromatic rings. The molecule has 9 unspecified atom stereocenters. The summed E-state index contributed by atoms with van der Waals surface area (Å²) in [6, 6.07) is 0. The molecule has 9 atom stereocenters. The van der Waals surface area contributed by atoms with E-state index in [9.17, 15) is 19.8 Å². The summed E-state index contributed by atoms with van der Waals surface area (Å²) in [5.41, 5.74) is -1.04. The SMILES string of the molecule is CC12C=CC(=O)C=C1CCC1C2C(O)CC2(C)C1CC1OC(C3CCCCC3)OC12C(=O)CO. The zero-order valence-electron chi connectivity index (χ0n) is 20.4. The number of rotatable bonds is 3. The lowest BCUT2D eigenvalue weighted by molar-refractivity contribution is -0.209. The van der Waals surface area contributed by atoms with Gasteiger partial charge in [-0.2, -0.15) is 0 Å². The van der Waals surface area contributed by atoms with Gasteiger partial charge < -0.3 is 19.7 Å². The second-order valence-electron chi connectivity index (χ2n) is 12.3. The van der Waals surface area contributed by atoms with Gasteiger partial charge in [0, 0.05) is 22.7 Å². The Kier molecular flexibility index (Phi) is 5.31. The first-order valence-electron chi connectivity index (χ1n) is 13.3. The van der Waals surface area contributed by atoms with E-state index in [2.05, 4.69) is 13.8 Å². The molecule has 0 aromatic heterocycles. The Hall–Kier alpha value is -1.34. The highest BCUT2D eigenvalue weighted by Crippen LogP contribution is 2.70. The second kappa shape index (κ2) is 7.83. The maximum Gasteiger partial charge on any atom is 0.193 e. The van der Waals surface area contributed by atoms with Crippen molar-refractivity contribution in [2.75, 3.05) is 6.61 Å². The normalized spacial score (nSPS) is 50.2. The summed E-state index contributed by atoms with van der Waals surface area (Å²) >= 11 is 0. The molecule has 0 amide bonds. The molecule has 186 valence electrons. The van der Waals surface area contributed by atoms with Crippen LogP contribution >= 0.6 is 0 Å². The van der Waals surface area contributed by atoms with Crippen LogP contribution in [0.15, 0.2) is 23.8 Å². The van der Waals surface area contributed by atoms with Gasteiger partial charge in [0.2, 0.25) is 0 Å². The molecule has 6 heteroatoms. The number of allylic oxidation sites excluding steroid dienone is 4. The molecule has 6 aliphatic rings. The lowest BCUT2D eigenvalue weighted by Gasteiger charge is -2.59. The maximum absolute atomic E-state index is 13.5. The quantitative estimate of drug-likeness (QED) is 0.656. The first kappa shape index (κ1) is 23.1. The molecule has 6 nitrogen and oxygen atoms in total. The fourth-order valence-corrected chi connectivity index (χ4v) is 9.33. The summed E-state index contributed by atoms with van der Waals surface area (Å²) in [4.78, 5) is 25.6. The topological polar surface area (TPSA) is 93.1 Å². The zero-order valence-corrected chi connectivity index (χ0v) is 20.4. The first-order valence-corrected chi connectivity index (χ1v) is 13.3. The van der Waals surface area contributed by atoms with Gasteiger partial charge in [0.05, 0.1) is 12.2 Å². The molecule has 5 fully saturated rings. The number of hydrogen-bond acceptors (Lipinski definition) is 6. The Morgan fingerprint density at radius 1 is 1.18 bits per heavy atom. The molecule has 4 saturated carbocycles. The zero-order chi connectivity index (χ0) is 23.9. The van der Waals surface area contributed by atoms with E-state index in [-0.39, 0.29) is 46.8 Å². The predicted octanol–water partition coefficient (Wildman–Crippen LogP) is 3.50. The van der Waals surface area contributed by atoms with Gasteiger partial charge in [-0.25, -0.2) is 0 Å². The van der Waals surface area contributed by atoms with Crippen molar-refractivity contribution in [3.05, 3.63) is 23.8 Å². The van der Waals surface area contributed by atoms with Gasteiger partial charge in [0.15, 0.2) is 23.5 Å². The summed E-state index contributed by atoms with van der Waals surface area (Å²) in [7, 11) is 0. The van der Waals surface area contributed by atoms with E-state index in [1.165, 1.54) is 6.42 Å². The Morgan fingerprint density at radius 2 is 1.94 bits per heavy atom. The highest BCUT2D eigenvalue weighted by molar-refractivity contribution is 6.01. The number of hydrogen-bond donors (Lipinski definition) is 2. The van der Waals surface area contributed by atoms with E-state index in [0.717, 1.165) is 50.5 Å². The molecular formula is C28H38O6. The largest absolute Gasteiger partial charge is 0.393 e. The Labute approximate surface area is 201 Å². The van der Waals surface area contributed by atoms with Crippen molar-refractivity contribution in [2.45, 2.75) is 95.7 Å². The van der Waals surface area contributed by atoms with Crippen molar-refractivity contribution in [3.8, 4) is 0 Å². The fraction of sp³-hybridized carbons (Fsp3) is 0.786. The summed E-state index contributed by atoms with van der Waals surface area (Å²) in [5, 5.41) is 21.7. The molecule has 2 N–H and O–H groups in total. The molecule has 0 spiro atoms. The van der Waals surface area contributed by atoms with E-state index < -0.39 is 30.0 Å². The Morgan fingerprint density at radius 3 is 2.68 bits per heavy atom. The average molecular weight is 471 g/mol. The Balaban J connectivity index is 1.37. The van der Waals surface area contributed by atoms with Crippen molar-refractivity contribution in [3.63, 3.8) is 0 Å². The van der Waals surface area contributed by atoms with Crippen LogP contribution in [0, 0.1) is 34.5 Å². The van der Waals surface area contributed by atoms with Gasteiger partial charge >= 0.3 is 0 Å². The molecule has 5 aliphatic carbocycles. The van der Waals surface area contributed by atoms with Crippen molar-refractivity contribution in [1.82, 2.24) is 0 Å². The van der Waals surface area contributed by atoms with E-state index >= 15 is 0 Å². The van der Waals surface area contributed by atoms with E-state index in [1.54, 1.807) is 12.2 Å². The fourth-order valence-electron chi connectivity index (χ4n) is 9.33. The number of Topliss-reactive ketones (excluding diaryl/α,β-unsaturated/α-hetero) is 1. The van der Waals surface area contributed by atoms with Crippen LogP contribution in [0.5, 0.6) is 0 Å². The molecule has 0 aromatic carbocycles. The highest BCUT2D eigenvalue weighted by Gasteiger charge is 2.76. The summed E-state index contributed by atoms with van der Waals surface area (Å²) < 4.78 is 13.3. The molecule has 0 radical (unpaired) electrons. The van der Waals surface area contributed by atoms with Gasteiger partial charge in [-0.3, -0.25) is 9.59 Å². The van der Waals surface area contributed by atoms with Crippen LogP contribution in [0.1, 0.15) is 71.6 Å². The van der Waals surface area contributed by atoms with Crippen LogP contribution in [0.2, 0.25) is 0 Å². The van der Waals surface area contributed by atoms with Crippen LogP contribution < -0.4 is 0 Å². The first-order chi connectivity index (χ1) is 16.2. The third-order valence-corrected chi connectivity index (χ3v) is 10.8. The minimum Gasteiger partial charge on any atom is -0.393 e. The summed E-state index contributed by atoms with van der Waals surface area (Å²) in [6.07, 6.45) is 12.5. The molecule has 34 heavy (non-hydrogen) atoms. The highest BCUT2D eigenvalue weighted by atomic mass is 16.7. The van der Waals surface area contributed by atoms with Crippen LogP contribution in [-0.4, -0.2) is 52.5 Å². The summed E-state index contributed by atoms with van der Waals surface area (Å²) in [6.45, 7) is 3.69. The maximum atomic E-state index is 13.5. The molecular weight excluding hydrogens is 432 g/mol. The van der Waals surface area contributed by atoms with Crippen LogP contribution in [0.25, 0.3) is 0 Å². The van der Waals surface area contributed by atoms with E-state index in [4.69, 9.17) is 9.47 Å². The minimum absolute atomic E-state index is 0.0100. The van der Waals surface area contributed by atoms with E-state index in [0.29, 0.717) is 6.42 Å². The number of aliphatic hydroxyl groups is 2. The van der Waals surface area contributed by atoms with Crippen LogP contribution in [0.4, 0.5) is 0 Å². The van der Waals surface area contributed by atoms with Gasteiger partial charge in [-0.1, -0.05) is 44.8 Å². The van der Waals surface area contributed by atoms with Crippen molar-refractivity contribution in [2.24, 2.45) is 34.5 Å². The van der Waals surface area contributed by atoms with Crippen LogP contribution in [0.3, 0.4) is 0 Å². The predicted molar refractivity (Wildman–Crippen MR) is 125 cm³/mol. The number of carbonyl (C=O) groups excluding carboxylic acids is 2. The number of aliphatic hydroxyl groups excluding tert-OH is 2. The smallest absolute Gasteiger partial charge is 0.193 e. The molecule has 1 saturated heterocycles. The third-order valence-electron chi connectivity index (χ3n) is 10.8. The van der Waals surface area contributed by atoms with Gasteiger partial charge in [0.25, 0.3) is 0 Å². The van der Waals surface area contributed by atoms with Crippen LogP contribution in [-0.2, 0) is 19.1 Å². The van der Waals surface area contributed by atoms with Gasteiger partial charge in [0.1, 0.15) is 6.61 Å². The molecule has 1 aliphatic heterocycles. The van der Waals surface area contributed by atoms with Crippen molar-refractivity contribution >= 4 is 11.6 Å². The molecule has 0 bridgehead atoms. The molecule has 6 rings (SSSR count). The van der Waals surface area contributed by atoms with Gasteiger partial charge in [-0.05, 0) is 62.5 Å². The van der Waals surface area contributed by atoms with Crippen molar-refractivity contribution in [1.29, 1.82) is 0 Å².